The lowest BCUT2D eigenvalue weighted by atomic mass is 10.1. The van der Waals surface area contributed by atoms with Gasteiger partial charge in [-0.05, 0) is 30.9 Å². The van der Waals surface area contributed by atoms with Crippen LogP contribution in [0.2, 0.25) is 0 Å². The molecule has 4 nitrogen and oxygen atoms in total. The Morgan fingerprint density at radius 1 is 0.955 bits per heavy atom. The van der Waals surface area contributed by atoms with Crippen molar-refractivity contribution in [1.82, 2.24) is 0 Å². The second-order valence-corrected chi connectivity index (χ2v) is 5.78. The summed E-state index contributed by atoms with van der Waals surface area (Å²) in [6, 6.07) is 6.78. The summed E-state index contributed by atoms with van der Waals surface area (Å²) in [6.45, 7) is 6.26. The van der Waals surface area contributed by atoms with Gasteiger partial charge in [0, 0.05) is 12.8 Å². The third-order valence-electron chi connectivity index (χ3n) is 3.19. The molecule has 1 aromatic rings. The second kappa shape index (κ2) is 9.98. The number of para-hydroxylation sites is 2. The molecule has 0 fully saturated rings. The van der Waals surface area contributed by atoms with Gasteiger partial charge in [0.2, 0.25) is 0 Å². The summed E-state index contributed by atoms with van der Waals surface area (Å²) in [4.78, 5) is 23.5. The van der Waals surface area contributed by atoms with Crippen molar-refractivity contribution in [2.45, 2.75) is 59.3 Å². The van der Waals surface area contributed by atoms with E-state index in [1.165, 1.54) is 0 Å². The van der Waals surface area contributed by atoms with Gasteiger partial charge in [0.15, 0.2) is 11.5 Å². The fraction of sp³-hybridized carbons (Fsp3) is 0.556. The van der Waals surface area contributed by atoms with Crippen molar-refractivity contribution >= 4 is 11.9 Å². The van der Waals surface area contributed by atoms with Crippen LogP contribution in [-0.2, 0) is 9.59 Å². The molecule has 22 heavy (non-hydrogen) atoms. The number of hydrogen-bond acceptors (Lipinski definition) is 4. The fourth-order valence-corrected chi connectivity index (χ4v) is 1.94. The zero-order chi connectivity index (χ0) is 16.4. The first-order valence-corrected chi connectivity index (χ1v) is 8.03. The van der Waals surface area contributed by atoms with Gasteiger partial charge in [-0.15, -0.1) is 0 Å². The Balaban J connectivity index is 2.56. The van der Waals surface area contributed by atoms with E-state index >= 15 is 0 Å². The van der Waals surface area contributed by atoms with E-state index in [1.54, 1.807) is 24.3 Å². The van der Waals surface area contributed by atoms with E-state index in [9.17, 15) is 9.59 Å². The standard InChI is InChI=1S/C18H26O4/c1-4-5-12-17(19)21-15-10-6-7-11-16(15)22-18(20)13-8-9-14(2)3/h6-7,10-11,14H,4-5,8-9,12-13H2,1-3H3. The van der Waals surface area contributed by atoms with Crippen molar-refractivity contribution < 1.29 is 19.1 Å². The Bertz CT molecular complexity index is 480. The van der Waals surface area contributed by atoms with Crippen LogP contribution in [0.15, 0.2) is 24.3 Å². The SMILES string of the molecule is CCCCC(=O)Oc1ccccc1OC(=O)CCCC(C)C. The first kappa shape index (κ1) is 18.2. The third kappa shape index (κ3) is 7.25. The lowest BCUT2D eigenvalue weighted by molar-refractivity contribution is -0.137. The van der Waals surface area contributed by atoms with E-state index in [4.69, 9.17) is 9.47 Å². The van der Waals surface area contributed by atoms with Crippen LogP contribution in [0.1, 0.15) is 59.3 Å². The Labute approximate surface area is 132 Å². The maximum atomic E-state index is 11.8. The molecule has 0 aromatic heterocycles. The van der Waals surface area contributed by atoms with E-state index in [0.29, 0.717) is 30.3 Å². The molecule has 0 aliphatic rings. The first-order chi connectivity index (χ1) is 10.5. The monoisotopic (exact) mass is 306 g/mol. The van der Waals surface area contributed by atoms with Crippen LogP contribution in [0, 0.1) is 5.92 Å². The molecule has 0 saturated heterocycles. The van der Waals surface area contributed by atoms with Gasteiger partial charge < -0.3 is 9.47 Å². The van der Waals surface area contributed by atoms with E-state index in [1.807, 2.05) is 6.92 Å². The van der Waals surface area contributed by atoms with Gasteiger partial charge in [0.25, 0.3) is 0 Å². The molecular formula is C18H26O4. The van der Waals surface area contributed by atoms with E-state index in [0.717, 1.165) is 25.7 Å². The van der Waals surface area contributed by atoms with Crippen molar-refractivity contribution in [3.63, 3.8) is 0 Å². The van der Waals surface area contributed by atoms with Crippen LogP contribution in [0.5, 0.6) is 11.5 Å². The molecule has 1 aromatic carbocycles. The Morgan fingerprint density at radius 3 is 1.91 bits per heavy atom. The second-order valence-electron chi connectivity index (χ2n) is 5.78. The summed E-state index contributed by atoms with van der Waals surface area (Å²) in [6.07, 6.45) is 4.25. The van der Waals surface area contributed by atoms with Gasteiger partial charge in [-0.3, -0.25) is 9.59 Å². The highest BCUT2D eigenvalue weighted by atomic mass is 16.6. The highest BCUT2D eigenvalue weighted by molar-refractivity contribution is 5.76. The van der Waals surface area contributed by atoms with Crippen LogP contribution >= 0.6 is 0 Å². The summed E-state index contributed by atoms with van der Waals surface area (Å²) in [7, 11) is 0. The fourth-order valence-electron chi connectivity index (χ4n) is 1.94. The molecule has 122 valence electrons. The Morgan fingerprint density at radius 2 is 1.45 bits per heavy atom. The van der Waals surface area contributed by atoms with Crippen molar-refractivity contribution in [3.05, 3.63) is 24.3 Å². The molecule has 0 radical (unpaired) electrons. The molecule has 0 aliphatic heterocycles. The zero-order valence-electron chi connectivity index (χ0n) is 13.8. The number of hydrogen-bond donors (Lipinski definition) is 0. The molecule has 0 amide bonds. The third-order valence-corrected chi connectivity index (χ3v) is 3.19. The average Bonchev–Trinajstić information content (AvgIpc) is 2.46. The number of unbranched alkanes of at least 4 members (excludes halogenated alkanes) is 1. The van der Waals surface area contributed by atoms with Crippen LogP contribution < -0.4 is 9.47 Å². The number of carbonyl (C=O) groups is 2. The quantitative estimate of drug-likeness (QED) is 0.497. The van der Waals surface area contributed by atoms with Crippen molar-refractivity contribution in [2.75, 3.05) is 0 Å². The van der Waals surface area contributed by atoms with Gasteiger partial charge in [0.1, 0.15) is 0 Å². The van der Waals surface area contributed by atoms with Gasteiger partial charge in [-0.25, -0.2) is 0 Å². The van der Waals surface area contributed by atoms with Gasteiger partial charge >= 0.3 is 11.9 Å². The number of carbonyl (C=O) groups excluding carboxylic acids is 2. The molecule has 0 spiro atoms. The molecule has 0 unspecified atom stereocenters. The van der Waals surface area contributed by atoms with Crippen LogP contribution in [0.3, 0.4) is 0 Å². The summed E-state index contributed by atoms with van der Waals surface area (Å²) < 4.78 is 10.6. The highest BCUT2D eigenvalue weighted by Crippen LogP contribution is 2.27. The minimum atomic E-state index is -0.301. The van der Waals surface area contributed by atoms with Crippen LogP contribution in [0.4, 0.5) is 0 Å². The molecule has 0 bridgehead atoms. The molecule has 0 aliphatic carbocycles. The van der Waals surface area contributed by atoms with E-state index in [-0.39, 0.29) is 11.9 Å². The Kier molecular flexibility index (Phi) is 8.26. The van der Waals surface area contributed by atoms with Crippen LogP contribution in [0.25, 0.3) is 0 Å². The number of rotatable bonds is 9. The predicted octanol–water partition coefficient (Wildman–Crippen LogP) is 4.51. The lowest BCUT2D eigenvalue weighted by Gasteiger charge is -2.10. The normalized spacial score (nSPS) is 10.5. The zero-order valence-corrected chi connectivity index (χ0v) is 13.8. The summed E-state index contributed by atoms with van der Waals surface area (Å²) in [5.74, 6) is 0.588. The van der Waals surface area contributed by atoms with E-state index in [2.05, 4.69) is 13.8 Å². The molecular weight excluding hydrogens is 280 g/mol. The summed E-state index contributed by atoms with van der Waals surface area (Å²) in [5.41, 5.74) is 0. The Hall–Kier alpha value is -1.84. The molecule has 1 rings (SSSR count). The van der Waals surface area contributed by atoms with Crippen LogP contribution in [-0.4, -0.2) is 11.9 Å². The predicted molar refractivity (Wildman–Crippen MR) is 85.9 cm³/mol. The first-order valence-electron chi connectivity index (χ1n) is 8.03. The molecule has 4 heteroatoms. The number of ether oxygens (including phenoxy) is 2. The van der Waals surface area contributed by atoms with E-state index < -0.39 is 0 Å². The smallest absolute Gasteiger partial charge is 0.311 e. The summed E-state index contributed by atoms with van der Waals surface area (Å²) in [5, 5.41) is 0. The minimum absolute atomic E-state index is 0.294. The molecule has 0 atom stereocenters. The van der Waals surface area contributed by atoms with Crippen molar-refractivity contribution in [2.24, 2.45) is 5.92 Å². The number of esters is 2. The van der Waals surface area contributed by atoms with Gasteiger partial charge in [-0.1, -0.05) is 45.7 Å². The highest BCUT2D eigenvalue weighted by Gasteiger charge is 2.13. The number of benzene rings is 1. The molecule has 0 N–H and O–H groups in total. The minimum Gasteiger partial charge on any atom is -0.423 e. The molecule has 0 saturated carbocycles. The topological polar surface area (TPSA) is 52.6 Å². The largest absolute Gasteiger partial charge is 0.423 e. The maximum Gasteiger partial charge on any atom is 0.311 e. The maximum absolute atomic E-state index is 11.8. The molecule has 0 heterocycles. The van der Waals surface area contributed by atoms with Crippen molar-refractivity contribution in [1.29, 1.82) is 0 Å². The van der Waals surface area contributed by atoms with Crippen molar-refractivity contribution in [3.8, 4) is 11.5 Å². The lowest BCUT2D eigenvalue weighted by Crippen LogP contribution is -2.12. The van der Waals surface area contributed by atoms with Gasteiger partial charge in [0.05, 0.1) is 0 Å². The van der Waals surface area contributed by atoms with Gasteiger partial charge in [-0.2, -0.15) is 0 Å². The average molecular weight is 306 g/mol. The summed E-state index contributed by atoms with van der Waals surface area (Å²) >= 11 is 0.